The second-order valence-corrected chi connectivity index (χ2v) is 6.49. The van der Waals surface area contributed by atoms with Crippen molar-refractivity contribution in [2.24, 2.45) is 5.92 Å². The number of carboxylic acids is 1. The van der Waals surface area contributed by atoms with Crippen LogP contribution in [0.25, 0.3) is 5.69 Å². The van der Waals surface area contributed by atoms with E-state index in [0.29, 0.717) is 36.5 Å². The predicted molar refractivity (Wildman–Crippen MR) is 92.0 cm³/mol. The molecular formula is C17H19ClN4O3. The Morgan fingerprint density at radius 2 is 2.20 bits per heavy atom. The van der Waals surface area contributed by atoms with Gasteiger partial charge in [0, 0.05) is 18.1 Å². The molecule has 2 aromatic rings. The lowest BCUT2D eigenvalue weighted by Crippen LogP contribution is -2.42. The van der Waals surface area contributed by atoms with Gasteiger partial charge in [0.2, 0.25) is 0 Å². The second-order valence-electron chi connectivity index (χ2n) is 6.06. The third-order valence-corrected chi connectivity index (χ3v) is 4.65. The Morgan fingerprint density at radius 3 is 2.88 bits per heavy atom. The van der Waals surface area contributed by atoms with E-state index in [1.807, 2.05) is 19.1 Å². The largest absolute Gasteiger partial charge is 0.481 e. The molecule has 1 N–H and O–H groups in total. The van der Waals surface area contributed by atoms with Crippen LogP contribution >= 0.6 is 11.6 Å². The zero-order valence-electron chi connectivity index (χ0n) is 13.9. The average molecular weight is 363 g/mol. The smallest absolute Gasteiger partial charge is 0.308 e. The van der Waals surface area contributed by atoms with E-state index in [-0.39, 0.29) is 18.1 Å². The number of halogens is 1. The lowest BCUT2D eigenvalue weighted by Gasteiger charge is -2.30. The highest BCUT2D eigenvalue weighted by Crippen LogP contribution is 2.22. The summed E-state index contributed by atoms with van der Waals surface area (Å²) in [7, 11) is 0. The van der Waals surface area contributed by atoms with Crippen LogP contribution in [0.15, 0.2) is 24.3 Å². The third-order valence-electron chi connectivity index (χ3n) is 4.41. The van der Waals surface area contributed by atoms with Crippen LogP contribution in [0, 0.1) is 5.92 Å². The number of benzene rings is 1. The van der Waals surface area contributed by atoms with Crippen LogP contribution < -0.4 is 0 Å². The van der Waals surface area contributed by atoms with Crippen molar-refractivity contribution in [1.29, 1.82) is 0 Å². The van der Waals surface area contributed by atoms with Crippen molar-refractivity contribution in [1.82, 2.24) is 19.9 Å². The number of piperidine rings is 1. The van der Waals surface area contributed by atoms with E-state index in [9.17, 15) is 14.7 Å². The monoisotopic (exact) mass is 362 g/mol. The lowest BCUT2D eigenvalue weighted by molar-refractivity contribution is -0.143. The molecule has 1 amide bonds. The van der Waals surface area contributed by atoms with E-state index in [0.717, 1.165) is 5.69 Å². The fourth-order valence-corrected chi connectivity index (χ4v) is 3.30. The van der Waals surface area contributed by atoms with Gasteiger partial charge in [-0.25, -0.2) is 4.68 Å². The van der Waals surface area contributed by atoms with E-state index in [1.165, 1.54) is 0 Å². The number of hydrogen-bond donors (Lipinski definition) is 1. The van der Waals surface area contributed by atoms with Crippen LogP contribution in [0.4, 0.5) is 0 Å². The van der Waals surface area contributed by atoms with Gasteiger partial charge < -0.3 is 10.0 Å². The maximum atomic E-state index is 12.9. The molecule has 3 rings (SSSR count). The van der Waals surface area contributed by atoms with Crippen LogP contribution in [0.5, 0.6) is 0 Å². The maximum absolute atomic E-state index is 12.9. The van der Waals surface area contributed by atoms with Gasteiger partial charge in [0.25, 0.3) is 5.91 Å². The van der Waals surface area contributed by atoms with Gasteiger partial charge in [-0.1, -0.05) is 29.8 Å². The maximum Gasteiger partial charge on any atom is 0.308 e. The normalized spacial score (nSPS) is 17.5. The third kappa shape index (κ3) is 3.51. The molecule has 0 bridgehead atoms. The van der Waals surface area contributed by atoms with Crippen molar-refractivity contribution in [3.8, 4) is 5.69 Å². The number of nitrogens with zero attached hydrogens (tertiary/aromatic N) is 4. The van der Waals surface area contributed by atoms with Crippen molar-refractivity contribution in [3.05, 3.63) is 40.7 Å². The summed E-state index contributed by atoms with van der Waals surface area (Å²) in [4.78, 5) is 25.6. The first-order valence-corrected chi connectivity index (χ1v) is 8.61. The number of hydrogen-bond acceptors (Lipinski definition) is 4. The summed E-state index contributed by atoms with van der Waals surface area (Å²) in [6.45, 7) is 2.67. The molecule has 1 saturated heterocycles. The Labute approximate surface area is 150 Å². The number of aliphatic carboxylic acids is 1. The molecule has 0 radical (unpaired) electrons. The number of aromatic nitrogens is 3. The Hall–Kier alpha value is -2.41. The predicted octanol–water partition coefficient (Wildman–Crippen LogP) is 2.42. The minimum Gasteiger partial charge on any atom is -0.481 e. The van der Waals surface area contributed by atoms with Crippen LogP contribution in [-0.4, -0.2) is 50.0 Å². The van der Waals surface area contributed by atoms with E-state index in [2.05, 4.69) is 10.3 Å². The quantitative estimate of drug-likeness (QED) is 0.902. The molecule has 1 aliphatic rings. The van der Waals surface area contributed by atoms with Crippen molar-refractivity contribution in [2.75, 3.05) is 13.1 Å². The fraction of sp³-hybridized carbons (Fsp3) is 0.412. The molecule has 1 aromatic carbocycles. The highest BCUT2D eigenvalue weighted by atomic mass is 35.5. The summed E-state index contributed by atoms with van der Waals surface area (Å²) < 4.78 is 1.61. The molecule has 7 nitrogen and oxygen atoms in total. The van der Waals surface area contributed by atoms with Crippen molar-refractivity contribution in [2.45, 2.75) is 26.2 Å². The number of likely N-dealkylation sites (tertiary alicyclic amines) is 1. The first-order chi connectivity index (χ1) is 12.0. The Morgan fingerprint density at radius 1 is 1.40 bits per heavy atom. The minimum absolute atomic E-state index is 0.210. The van der Waals surface area contributed by atoms with Gasteiger partial charge >= 0.3 is 5.97 Å². The molecular weight excluding hydrogens is 344 g/mol. The van der Waals surface area contributed by atoms with E-state index >= 15 is 0 Å². The van der Waals surface area contributed by atoms with Gasteiger partial charge in [-0.3, -0.25) is 9.59 Å². The summed E-state index contributed by atoms with van der Waals surface area (Å²) in [5, 5.41) is 18.0. The van der Waals surface area contributed by atoms with Crippen LogP contribution in [0.3, 0.4) is 0 Å². The number of carbonyl (C=O) groups is 2. The lowest BCUT2D eigenvalue weighted by atomic mass is 9.98. The van der Waals surface area contributed by atoms with E-state index in [1.54, 1.807) is 21.7 Å². The Bertz CT molecular complexity index is 805. The van der Waals surface area contributed by atoms with E-state index < -0.39 is 11.9 Å². The SMILES string of the molecule is CCc1c(C(=O)N2CCCC(C(=O)O)C2)nnn1-c1cccc(Cl)c1. The molecule has 132 valence electrons. The van der Waals surface area contributed by atoms with Crippen molar-refractivity contribution < 1.29 is 14.7 Å². The van der Waals surface area contributed by atoms with E-state index in [4.69, 9.17) is 11.6 Å². The molecule has 0 aliphatic carbocycles. The number of rotatable bonds is 4. The van der Waals surface area contributed by atoms with Crippen LogP contribution in [-0.2, 0) is 11.2 Å². The minimum atomic E-state index is -0.865. The van der Waals surface area contributed by atoms with Gasteiger partial charge in [-0.05, 0) is 37.5 Å². The fourth-order valence-electron chi connectivity index (χ4n) is 3.11. The Balaban J connectivity index is 1.90. The van der Waals surface area contributed by atoms with Gasteiger partial charge in [-0.15, -0.1) is 5.10 Å². The van der Waals surface area contributed by atoms with Crippen molar-refractivity contribution in [3.63, 3.8) is 0 Å². The number of carbonyl (C=O) groups excluding carboxylic acids is 1. The zero-order valence-corrected chi connectivity index (χ0v) is 14.6. The molecule has 1 unspecified atom stereocenters. The molecule has 25 heavy (non-hydrogen) atoms. The highest BCUT2D eigenvalue weighted by Gasteiger charge is 2.31. The van der Waals surface area contributed by atoms with Gasteiger partial charge in [0.05, 0.1) is 17.3 Å². The molecule has 1 aliphatic heterocycles. The van der Waals surface area contributed by atoms with Gasteiger partial charge in [-0.2, -0.15) is 0 Å². The average Bonchev–Trinajstić information content (AvgIpc) is 3.05. The molecule has 1 aromatic heterocycles. The molecule has 1 fully saturated rings. The molecule has 0 saturated carbocycles. The molecule has 0 spiro atoms. The van der Waals surface area contributed by atoms with Gasteiger partial charge in [0.1, 0.15) is 0 Å². The van der Waals surface area contributed by atoms with Crippen molar-refractivity contribution >= 4 is 23.5 Å². The Kier molecular flexibility index (Phi) is 5.03. The first-order valence-electron chi connectivity index (χ1n) is 8.23. The standard InChI is InChI=1S/C17H19ClN4O3/c1-2-14-15(16(23)21-8-4-5-11(10-21)17(24)25)19-20-22(14)13-7-3-6-12(18)9-13/h3,6-7,9,11H,2,4-5,8,10H2,1H3,(H,24,25). The van der Waals surface area contributed by atoms with Crippen LogP contribution in [0.2, 0.25) is 5.02 Å². The summed E-state index contributed by atoms with van der Waals surface area (Å²) >= 11 is 6.03. The molecule has 8 heteroatoms. The summed E-state index contributed by atoms with van der Waals surface area (Å²) in [6.07, 6.45) is 1.83. The molecule has 2 heterocycles. The number of carboxylic acid groups (broad SMARTS) is 1. The number of amides is 1. The second kappa shape index (κ2) is 7.23. The van der Waals surface area contributed by atoms with Gasteiger partial charge in [0.15, 0.2) is 5.69 Å². The molecule has 1 atom stereocenters. The van der Waals surface area contributed by atoms with Crippen LogP contribution in [0.1, 0.15) is 35.9 Å². The summed E-state index contributed by atoms with van der Waals surface area (Å²) in [6, 6.07) is 7.17. The highest BCUT2D eigenvalue weighted by molar-refractivity contribution is 6.30. The summed E-state index contributed by atoms with van der Waals surface area (Å²) in [5.74, 6) is -1.65. The summed E-state index contributed by atoms with van der Waals surface area (Å²) in [5.41, 5.74) is 1.69. The zero-order chi connectivity index (χ0) is 18.0. The first kappa shape index (κ1) is 17.4. The topological polar surface area (TPSA) is 88.3 Å².